The Morgan fingerprint density at radius 2 is 2.33 bits per heavy atom. The third kappa shape index (κ3) is 3.10. The molecule has 1 aromatic rings. The van der Waals surface area contributed by atoms with Crippen molar-refractivity contribution in [2.24, 2.45) is 11.7 Å². The number of ether oxygens (including phenoxy) is 1. The van der Waals surface area contributed by atoms with Gasteiger partial charge in [0, 0.05) is 24.8 Å². The zero-order valence-corrected chi connectivity index (χ0v) is 11.2. The Morgan fingerprint density at radius 3 is 3.06 bits per heavy atom. The van der Waals surface area contributed by atoms with Gasteiger partial charge in [0.05, 0.1) is 6.61 Å². The Hall–Kier alpha value is -1.36. The number of aromatic nitrogens is 2. The molecule has 2 rings (SSSR count). The van der Waals surface area contributed by atoms with Gasteiger partial charge in [0.15, 0.2) is 0 Å². The van der Waals surface area contributed by atoms with Crippen molar-refractivity contribution in [3.63, 3.8) is 0 Å². The average molecular weight is 250 g/mol. The van der Waals surface area contributed by atoms with E-state index in [1.54, 1.807) is 0 Å². The van der Waals surface area contributed by atoms with Crippen molar-refractivity contribution < 1.29 is 4.74 Å². The molecule has 1 fully saturated rings. The molecule has 5 heteroatoms. The standard InChI is InChI=1S/C13H22N4O/c1-3-18-12-8-10(2)15-13(16-12)17-7-5-11(9-17)4-6-14/h8,11H,3-7,9,14H2,1-2H3. The fourth-order valence-corrected chi connectivity index (χ4v) is 2.37. The molecule has 0 radical (unpaired) electrons. The minimum absolute atomic E-state index is 0.631. The van der Waals surface area contributed by atoms with Crippen molar-refractivity contribution in [1.82, 2.24) is 9.97 Å². The molecule has 1 atom stereocenters. The minimum Gasteiger partial charge on any atom is -0.478 e. The highest BCUT2D eigenvalue weighted by Gasteiger charge is 2.24. The highest BCUT2D eigenvalue weighted by atomic mass is 16.5. The van der Waals surface area contributed by atoms with Crippen LogP contribution < -0.4 is 15.4 Å². The van der Waals surface area contributed by atoms with Crippen molar-refractivity contribution in [3.05, 3.63) is 11.8 Å². The second-order valence-electron chi connectivity index (χ2n) is 4.76. The predicted octanol–water partition coefficient (Wildman–Crippen LogP) is 1.36. The first-order chi connectivity index (χ1) is 8.72. The van der Waals surface area contributed by atoms with E-state index in [2.05, 4.69) is 14.9 Å². The normalized spacial score (nSPS) is 19.3. The quantitative estimate of drug-likeness (QED) is 0.854. The monoisotopic (exact) mass is 250 g/mol. The second-order valence-corrected chi connectivity index (χ2v) is 4.76. The summed E-state index contributed by atoms with van der Waals surface area (Å²) in [5.41, 5.74) is 6.56. The highest BCUT2D eigenvalue weighted by molar-refractivity contribution is 5.35. The molecule has 1 aromatic heterocycles. The molecule has 0 spiro atoms. The number of hydrogen-bond donors (Lipinski definition) is 1. The molecule has 0 aliphatic carbocycles. The van der Waals surface area contributed by atoms with Crippen LogP contribution in [0.2, 0.25) is 0 Å². The van der Waals surface area contributed by atoms with E-state index < -0.39 is 0 Å². The van der Waals surface area contributed by atoms with Crippen LogP contribution in [0.15, 0.2) is 6.07 Å². The van der Waals surface area contributed by atoms with Crippen LogP contribution in [-0.4, -0.2) is 36.2 Å². The summed E-state index contributed by atoms with van der Waals surface area (Å²) in [6.45, 7) is 7.35. The molecule has 0 saturated carbocycles. The third-order valence-electron chi connectivity index (χ3n) is 3.25. The van der Waals surface area contributed by atoms with E-state index in [0.29, 0.717) is 18.4 Å². The summed E-state index contributed by atoms with van der Waals surface area (Å²) in [5, 5.41) is 0. The van der Waals surface area contributed by atoms with Crippen LogP contribution in [-0.2, 0) is 0 Å². The molecular formula is C13H22N4O. The van der Waals surface area contributed by atoms with Crippen molar-refractivity contribution in [1.29, 1.82) is 0 Å². The molecule has 2 N–H and O–H groups in total. The van der Waals surface area contributed by atoms with Gasteiger partial charge in [0.2, 0.25) is 11.8 Å². The van der Waals surface area contributed by atoms with E-state index in [4.69, 9.17) is 10.5 Å². The van der Waals surface area contributed by atoms with Crippen LogP contribution in [0, 0.1) is 12.8 Å². The molecule has 1 unspecified atom stereocenters. The summed E-state index contributed by atoms with van der Waals surface area (Å²) in [5.74, 6) is 2.13. The molecule has 0 amide bonds. The largest absolute Gasteiger partial charge is 0.478 e. The van der Waals surface area contributed by atoms with E-state index in [1.165, 1.54) is 6.42 Å². The van der Waals surface area contributed by atoms with Crippen LogP contribution in [0.4, 0.5) is 5.95 Å². The van der Waals surface area contributed by atoms with Crippen LogP contribution in [0.1, 0.15) is 25.5 Å². The predicted molar refractivity (Wildman–Crippen MR) is 71.9 cm³/mol. The second kappa shape index (κ2) is 6.00. The summed E-state index contributed by atoms with van der Waals surface area (Å²) in [6, 6.07) is 1.88. The van der Waals surface area contributed by atoms with E-state index in [-0.39, 0.29) is 0 Å². The Kier molecular flexibility index (Phi) is 4.36. The molecule has 5 nitrogen and oxygen atoms in total. The molecule has 2 heterocycles. The van der Waals surface area contributed by atoms with Gasteiger partial charge >= 0.3 is 0 Å². The van der Waals surface area contributed by atoms with Crippen molar-refractivity contribution >= 4 is 5.95 Å². The Labute approximate surface area is 108 Å². The lowest BCUT2D eigenvalue weighted by Crippen LogP contribution is -2.23. The summed E-state index contributed by atoms with van der Waals surface area (Å²) in [7, 11) is 0. The van der Waals surface area contributed by atoms with Gasteiger partial charge in [-0.05, 0) is 39.2 Å². The number of nitrogens with zero attached hydrogens (tertiary/aromatic N) is 3. The molecule has 100 valence electrons. The molecule has 0 bridgehead atoms. The first-order valence-corrected chi connectivity index (χ1v) is 6.66. The highest BCUT2D eigenvalue weighted by Crippen LogP contribution is 2.24. The Balaban J connectivity index is 2.08. The van der Waals surface area contributed by atoms with Crippen LogP contribution in [0.5, 0.6) is 5.88 Å². The van der Waals surface area contributed by atoms with E-state index in [9.17, 15) is 0 Å². The number of aryl methyl sites for hydroxylation is 1. The van der Waals surface area contributed by atoms with Gasteiger partial charge in [-0.2, -0.15) is 4.98 Å². The molecule has 18 heavy (non-hydrogen) atoms. The number of anilines is 1. The molecule has 0 aromatic carbocycles. The fraction of sp³-hybridized carbons (Fsp3) is 0.692. The van der Waals surface area contributed by atoms with Crippen molar-refractivity contribution in [2.75, 3.05) is 31.1 Å². The van der Waals surface area contributed by atoms with Crippen molar-refractivity contribution in [2.45, 2.75) is 26.7 Å². The molecule has 1 aliphatic heterocycles. The van der Waals surface area contributed by atoms with Gasteiger partial charge < -0.3 is 15.4 Å². The average Bonchev–Trinajstić information content (AvgIpc) is 2.78. The van der Waals surface area contributed by atoms with Crippen LogP contribution >= 0.6 is 0 Å². The van der Waals surface area contributed by atoms with Gasteiger partial charge in [-0.15, -0.1) is 0 Å². The number of rotatable bonds is 5. The summed E-state index contributed by atoms with van der Waals surface area (Å²) in [4.78, 5) is 11.2. The molecular weight excluding hydrogens is 228 g/mol. The fourth-order valence-electron chi connectivity index (χ4n) is 2.37. The lowest BCUT2D eigenvalue weighted by molar-refractivity contribution is 0.326. The van der Waals surface area contributed by atoms with Crippen LogP contribution in [0.3, 0.4) is 0 Å². The van der Waals surface area contributed by atoms with E-state index >= 15 is 0 Å². The lowest BCUT2D eigenvalue weighted by atomic mass is 10.1. The molecule has 1 aliphatic rings. The summed E-state index contributed by atoms with van der Waals surface area (Å²) < 4.78 is 5.46. The number of nitrogens with two attached hydrogens (primary N) is 1. The maximum absolute atomic E-state index is 5.61. The SMILES string of the molecule is CCOc1cc(C)nc(N2CCC(CCN)C2)n1. The Morgan fingerprint density at radius 1 is 1.50 bits per heavy atom. The zero-order chi connectivity index (χ0) is 13.0. The van der Waals surface area contributed by atoms with Gasteiger partial charge in [0.25, 0.3) is 0 Å². The minimum atomic E-state index is 0.631. The summed E-state index contributed by atoms with van der Waals surface area (Å²) >= 11 is 0. The topological polar surface area (TPSA) is 64.3 Å². The van der Waals surface area contributed by atoms with Gasteiger partial charge in [-0.1, -0.05) is 0 Å². The first-order valence-electron chi connectivity index (χ1n) is 6.66. The van der Waals surface area contributed by atoms with Gasteiger partial charge in [-0.25, -0.2) is 4.98 Å². The van der Waals surface area contributed by atoms with E-state index in [1.807, 2.05) is 19.9 Å². The van der Waals surface area contributed by atoms with Gasteiger partial charge in [0.1, 0.15) is 0 Å². The molecule has 1 saturated heterocycles. The first kappa shape index (κ1) is 13.1. The maximum Gasteiger partial charge on any atom is 0.228 e. The third-order valence-corrected chi connectivity index (χ3v) is 3.25. The van der Waals surface area contributed by atoms with E-state index in [0.717, 1.165) is 37.7 Å². The smallest absolute Gasteiger partial charge is 0.228 e. The van der Waals surface area contributed by atoms with Gasteiger partial charge in [-0.3, -0.25) is 0 Å². The summed E-state index contributed by atoms with van der Waals surface area (Å²) in [6.07, 6.45) is 2.26. The maximum atomic E-state index is 5.61. The van der Waals surface area contributed by atoms with Crippen molar-refractivity contribution in [3.8, 4) is 5.88 Å². The Bertz CT molecular complexity index is 397. The lowest BCUT2D eigenvalue weighted by Gasteiger charge is -2.17. The number of hydrogen-bond acceptors (Lipinski definition) is 5. The zero-order valence-electron chi connectivity index (χ0n) is 11.2. The van der Waals surface area contributed by atoms with Crippen LogP contribution in [0.25, 0.3) is 0 Å².